The van der Waals surface area contributed by atoms with Crippen molar-refractivity contribution in [2.75, 3.05) is 0 Å². The first-order valence-corrected chi connectivity index (χ1v) is 11.3. The zero-order valence-corrected chi connectivity index (χ0v) is 17.8. The van der Waals surface area contributed by atoms with Crippen molar-refractivity contribution in [3.05, 3.63) is 0 Å². The summed E-state index contributed by atoms with van der Waals surface area (Å²) >= 11 is 0. The van der Waals surface area contributed by atoms with E-state index in [4.69, 9.17) is 10.6 Å². The number of hydrogen-bond acceptors (Lipinski definition) is 4. The van der Waals surface area contributed by atoms with Crippen LogP contribution in [0.15, 0.2) is 0 Å². The van der Waals surface area contributed by atoms with E-state index in [9.17, 15) is 20.1 Å². The van der Waals surface area contributed by atoms with Crippen LogP contribution in [0.2, 0.25) is 0 Å². The Morgan fingerprint density at radius 1 is 1.17 bits per heavy atom. The van der Waals surface area contributed by atoms with Crippen molar-refractivity contribution in [1.82, 2.24) is 0 Å². The summed E-state index contributed by atoms with van der Waals surface area (Å²) in [5, 5.41) is 42.5. The Bertz CT molecular complexity index is 793. The second-order valence-corrected chi connectivity index (χ2v) is 10.8. The Morgan fingerprint density at radius 3 is 2.59 bits per heavy atom. The summed E-state index contributed by atoms with van der Waals surface area (Å²) in [6.07, 6.45) is -4.60. The number of fused-ring (bicyclic) bond motifs is 5. The summed E-state index contributed by atoms with van der Waals surface area (Å²) in [5.74, 6) is -1.65. The lowest BCUT2D eigenvalue weighted by Crippen LogP contribution is -2.62. The van der Waals surface area contributed by atoms with E-state index in [1.54, 1.807) is 0 Å². The van der Waals surface area contributed by atoms with Crippen molar-refractivity contribution in [1.29, 1.82) is 0 Å². The molecular formula is C24H40O5. The summed E-state index contributed by atoms with van der Waals surface area (Å²) in [7, 11) is 0. The maximum Gasteiger partial charge on any atom is 0.303 e. The number of carboxylic acids is 1. The van der Waals surface area contributed by atoms with Gasteiger partial charge < -0.3 is 20.4 Å². The van der Waals surface area contributed by atoms with Gasteiger partial charge in [0.05, 0.1) is 18.3 Å². The van der Waals surface area contributed by atoms with E-state index in [2.05, 4.69) is 13.8 Å². The van der Waals surface area contributed by atoms with Crippen LogP contribution in [0.1, 0.15) is 83.9 Å². The lowest BCUT2D eigenvalue weighted by Gasteiger charge is -2.63. The van der Waals surface area contributed by atoms with Gasteiger partial charge >= 0.3 is 5.97 Å². The Kier molecular flexibility index (Phi) is 4.38. The normalized spacial score (nSPS) is 58.4. The average Bonchev–Trinajstić information content (AvgIpc) is 3.06. The molecule has 0 spiro atoms. The third-order valence-corrected chi connectivity index (χ3v) is 9.61. The van der Waals surface area contributed by atoms with Gasteiger partial charge in [-0.25, -0.2) is 0 Å². The number of aliphatic hydroxyl groups is 3. The highest BCUT2D eigenvalue weighted by Gasteiger charge is 2.65. The molecule has 29 heavy (non-hydrogen) atoms. The minimum absolute atomic E-state index is 0.00777. The zero-order valence-electron chi connectivity index (χ0n) is 21.8. The van der Waals surface area contributed by atoms with Gasteiger partial charge in [-0.3, -0.25) is 4.79 Å². The predicted octanol–water partition coefficient (Wildman–Crippen LogP) is 3.45. The van der Waals surface area contributed by atoms with Gasteiger partial charge in [0.2, 0.25) is 0 Å². The number of aliphatic carboxylic acids is 1. The topological polar surface area (TPSA) is 98.0 Å². The molecule has 0 aromatic carbocycles. The first-order chi connectivity index (χ1) is 15.1. The maximum atomic E-state index is 11.5. The molecule has 0 unspecified atom stereocenters. The third kappa shape index (κ3) is 3.27. The van der Waals surface area contributed by atoms with Crippen LogP contribution in [0, 0.1) is 46.3 Å². The van der Waals surface area contributed by atoms with E-state index in [1.165, 1.54) is 0 Å². The summed E-state index contributed by atoms with van der Waals surface area (Å²) in [5.41, 5.74) is -1.25. The number of rotatable bonds is 4. The molecule has 4 fully saturated rings. The maximum absolute atomic E-state index is 11.5. The predicted molar refractivity (Wildman–Crippen MR) is 110 cm³/mol. The van der Waals surface area contributed by atoms with Crippen LogP contribution in [-0.2, 0) is 4.79 Å². The van der Waals surface area contributed by atoms with E-state index in [-0.39, 0.29) is 48.9 Å². The van der Waals surface area contributed by atoms with E-state index in [1.807, 2.05) is 6.92 Å². The molecule has 4 rings (SSSR count). The van der Waals surface area contributed by atoms with Gasteiger partial charge in [-0.1, -0.05) is 20.8 Å². The van der Waals surface area contributed by atoms with Gasteiger partial charge in [-0.05, 0) is 97.6 Å². The quantitative estimate of drug-likeness (QED) is 0.567. The second kappa shape index (κ2) is 7.49. The van der Waals surface area contributed by atoms with Gasteiger partial charge in [0.15, 0.2) is 0 Å². The Hall–Kier alpha value is -0.650. The van der Waals surface area contributed by atoms with Crippen LogP contribution in [0.5, 0.6) is 0 Å². The number of carboxylic acid groups (broad SMARTS) is 1. The fourth-order valence-electron chi connectivity index (χ4n) is 7.99. The smallest absolute Gasteiger partial charge is 0.303 e. The molecule has 0 radical (unpaired) electrons. The highest BCUT2D eigenvalue weighted by atomic mass is 16.4. The first kappa shape index (κ1) is 17.0. The first-order valence-electron chi connectivity index (χ1n) is 13.3. The molecule has 4 aliphatic rings. The van der Waals surface area contributed by atoms with Crippen LogP contribution < -0.4 is 0 Å². The summed E-state index contributed by atoms with van der Waals surface area (Å²) in [6.45, 7) is 6.04. The van der Waals surface area contributed by atoms with Gasteiger partial charge in [0.1, 0.15) is 0 Å². The molecule has 166 valence electrons. The molecule has 4 N–H and O–H groups in total. The molecule has 0 heterocycles. The molecule has 5 nitrogen and oxygen atoms in total. The molecule has 0 amide bonds. The van der Waals surface area contributed by atoms with Crippen LogP contribution >= 0.6 is 0 Å². The third-order valence-electron chi connectivity index (χ3n) is 9.61. The largest absolute Gasteiger partial charge is 0.481 e. The molecule has 0 bridgehead atoms. The Balaban J connectivity index is 1.69. The molecule has 0 aliphatic heterocycles. The van der Waals surface area contributed by atoms with Crippen molar-refractivity contribution in [2.24, 2.45) is 46.3 Å². The summed E-state index contributed by atoms with van der Waals surface area (Å²) in [6, 6.07) is 0. The van der Waals surface area contributed by atoms with Gasteiger partial charge in [-0.15, -0.1) is 0 Å². The minimum atomic E-state index is -2.17. The van der Waals surface area contributed by atoms with Crippen LogP contribution in [0.3, 0.4) is 0 Å². The molecule has 0 saturated heterocycles. The highest BCUT2D eigenvalue weighted by molar-refractivity contribution is 5.66. The van der Waals surface area contributed by atoms with Crippen molar-refractivity contribution < 1.29 is 30.7 Å². The van der Waals surface area contributed by atoms with E-state index in [0.29, 0.717) is 12.8 Å². The Morgan fingerprint density at radius 2 is 1.90 bits per heavy atom. The van der Waals surface area contributed by atoms with Crippen molar-refractivity contribution in [3.8, 4) is 0 Å². The molecule has 4 aliphatic carbocycles. The average molecular weight is 413 g/mol. The number of aliphatic hydroxyl groups excluding tert-OH is 3. The number of hydrogen-bond donors (Lipinski definition) is 4. The van der Waals surface area contributed by atoms with Crippen molar-refractivity contribution in [2.45, 2.75) is 96.8 Å². The summed E-state index contributed by atoms with van der Waals surface area (Å²) in [4.78, 5) is 11.1. The van der Waals surface area contributed by atoms with Crippen LogP contribution in [0.25, 0.3) is 0 Å². The fourth-order valence-corrected chi connectivity index (χ4v) is 7.99. The lowest BCUT2D eigenvalue weighted by molar-refractivity contribution is -0.207. The monoisotopic (exact) mass is 412 g/mol. The van der Waals surface area contributed by atoms with Gasteiger partial charge in [0.25, 0.3) is 0 Å². The molecule has 0 aromatic rings. The van der Waals surface area contributed by atoms with Gasteiger partial charge in [0, 0.05) is 11.9 Å². The molecule has 11 atom stereocenters. The molecule has 5 heteroatoms. The SMILES string of the molecule is [2H]C1([2H])C[C@@]2(C)[C@H](C[C@@H](O)[C@@H]3[C@@H]2C[C@H](O)[C@]2(C)[C@@H]([C@H](C)CCC(=O)O)CC[C@@H]32)C([2H])([2H])[C@H]1O. The highest BCUT2D eigenvalue weighted by Crippen LogP contribution is 2.68. The van der Waals surface area contributed by atoms with E-state index < -0.39 is 53.8 Å². The second-order valence-electron chi connectivity index (χ2n) is 10.8. The summed E-state index contributed by atoms with van der Waals surface area (Å²) < 4.78 is 34.0. The van der Waals surface area contributed by atoms with Crippen molar-refractivity contribution in [3.63, 3.8) is 0 Å². The molecule has 0 aromatic heterocycles. The Labute approximate surface area is 180 Å². The zero-order chi connectivity index (χ0) is 24.7. The lowest BCUT2D eigenvalue weighted by atomic mass is 9.43. The number of carbonyl (C=O) groups is 1. The standard InChI is InChI=1S/C24H40O5/c1-13(4-7-21(28)29)16-5-6-17-22-18(12-20(27)24(16,17)3)23(2)9-8-15(25)10-14(23)11-19(22)26/h13-20,22,25-27H,4-12H2,1-3H3,(H,28,29)/t13-,14+,15+,16-,17+,18+,19-,20+,22+,23+,24-/m1/s1/i8D2,10D2. The fraction of sp³-hybridized carbons (Fsp3) is 0.958. The molecular weight excluding hydrogens is 368 g/mol. The minimum Gasteiger partial charge on any atom is -0.481 e. The molecule has 4 saturated carbocycles. The van der Waals surface area contributed by atoms with Crippen LogP contribution in [-0.4, -0.2) is 44.7 Å². The van der Waals surface area contributed by atoms with Gasteiger partial charge in [-0.2, -0.15) is 0 Å². The van der Waals surface area contributed by atoms with Crippen molar-refractivity contribution >= 4 is 5.97 Å². The van der Waals surface area contributed by atoms with E-state index in [0.717, 1.165) is 12.8 Å². The van der Waals surface area contributed by atoms with Crippen LogP contribution in [0.4, 0.5) is 0 Å². The van der Waals surface area contributed by atoms with E-state index >= 15 is 0 Å².